The average Bonchev–Trinajstić information content (AvgIpc) is 2.89. The summed E-state index contributed by atoms with van der Waals surface area (Å²) < 4.78 is 27.7. The van der Waals surface area contributed by atoms with E-state index in [0.717, 1.165) is 31.6 Å². The van der Waals surface area contributed by atoms with Crippen molar-refractivity contribution in [3.05, 3.63) is 41.7 Å². The van der Waals surface area contributed by atoms with Gasteiger partial charge in [-0.05, 0) is 31.5 Å². The fourth-order valence-corrected chi connectivity index (χ4v) is 2.66. The Morgan fingerprint density at radius 2 is 2.00 bits per heavy atom. The van der Waals surface area contributed by atoms with Crippen molar-refractivity contribution < 1.29 is 8.78 Å². The summed E-state index contributed by atoms with van der Waals surface area (Å²) in [5.41, 5.74) is 1.36. The van der Waals surface area contributed by atoms with Crippen LogP contribution in [0.3, 0.4) is 0 Å². The number of H-pyrrole nitrogens is 1. The van der Waals surface area contributed by atoms with Crippen molar-refractivity contribution in [2.45, 2.75) is 18.8 Å². The molecule has 0 spiro atoms. The standard InChI is InChI=1S/C14H15F2N3/c15-11-4-1-5-12(16)13(11)10-8-18-19-14(10)9-3-2-6-17-7-9/h1,4-5,8-9,17H,2-3,6-7H2,(H,18,19)/t9-/m1/s1. The van der Waals surface area contributed by atoms with Crippen molar-refractivity contribution in [2.75, 3.05) is 13.1 Å². The van der Waals surface area contributed by atoms with Gasteiger partial charge in [-0.15, -0.1) is 0 Å². The van der Waals surface area contributed by atoms with Gasteiger partial charge in [0.2, 0.25) is 0 Å². The van der Waals surface area contributed by atoms with E-state index in [0.29, 0.717) is 5.56 Å². The monoisotopic (exact) mass is 263 g/mol. The third-order valence-corrected chi connectivity index (χ3v) is 3.61. The van der Waals surface area contributed by atoms with E-state index >= 15 is 0 Å². The number of piperidine rings is 1. The zero-order valence-electron chi connectivity index (χ0n) is 10.4. The Bertz CT molecular complexity index is 554. The molecule has 1 fully saturated rings. The molecule has 0 radical (unpaired) electrons. The minimum absolute atomic E-state index is 0.0109. The summed E-state index contributed by atoms with van der Waals surface area (Å²) in [7, 11) is 0. The zero-order chi connectivity index (χ0) is 13.2. The fraction of sp³-hybridized carbons (Fsp3) is 0.357. The minimum Gasteiger partial charge on any atom is -0.316 e. The van der Waals surface area contributed by atoms with Crippen LogP contribution in [-0.2, 0) is 0 Å². The summed E-state index contributed by atoms with van der Waals surface area (Å²) in [6.45, 7) is 1.80. The van der Waals surface area contributed by atoms with Gasteiger partial charge in [0.25, 0.3) is 0 Å². The first-order valence-electron chi connectivity index (χ1n) is 6.45. The maximum atomic E-state index is 13.9. The molecule has 3 nitrogen and oxygen atoms in total. The molecule has 1 atom stereocenters. The van der Waals surface area contributed by atoms with Crippen molar-refractivity contribution in [2.24, 2.45) is 0 Å². The summed E-state index contributed by atoms with van der Waals surface area (Å²) >= 11 is 0. The van der Waals surface area contributed by atoms with E-state index in [2.05, 4.69) is 15.5 Å². The lowest BCUT2D eigenvalue weighted by atomic mass is 9.91. The van der Waals surface area contributed by atoms with Crippen molar-refractivity contribution in [1.29, 1.82) is 0 Å². The SMILES string of the molecule is Fc1cccc(F)c1-c1cn[nH]c1[C@@H]1CCCNC1. The molecule has 0 saturated carbocycles. The molecule has 2 heterocycles. The molecular weight excluding hydrogens is 248 g/mol. The Balaban J connectivity index is 2.04. The molecule has 1 aromatic heterocycles. The number of rotatable bonds is 2. The van der Waals surface area contributed by atoms with Crippen LogP contribution in [0.5, 0.6) is 0 Å². The van der Waals surface area contributed by atoms with Crippen LogP contribution in [0.2, 0.25) is 0 Å². The van der Waals surface area contributed by atoms with Crippen LogP contribution in [0.15, 0.2) is 24.4 Å². The molecule has 2 N–H and O–H groups in total. The molecular formula is C14H15F2N3. The lowest BCUT2D eigenvalue weighted by Gasteiger charge is -2.22. The number of hydrogen-bond acceptors (Lipinski definition) is 2. The summed E-state index contributed by atoms with van der Waals surface area (Å²) in [4.78, 5) is 0. The van der Waals surface area contributed by atoms with Crippen LogP contribution < -0.4 is 5.32 Å². The molecule has 1 saturated heterocycles. The molecule has 0 bridgehead atoms. The van der Waals surface area contributed by atoms with Crippen molar-refractivity contribution in [3.8, 4) is 11.1 Å². The highest BCUT2D eigenvalue weighted by atomic mass is 19.1. The molecule has 0 unspecified atom stereocenters. The van der Waals surface area contributed by atoms with Crippen LogP contribution in [0.4, 0.5) is 8.78 Å². The van der Waals surface area contributed by atoms with Crippen LogP contribution in [0.25, 0.3) is 11.1 Å². The number of aromatic nitrogens is 2. The van der Waals surface area contributed by atoms with E-state index in [9.17, 15) is 8.78 Å². The molecule has 3 rings (SSSR count). The molecule has 0 aliphatic carbocycles. The van der Waals surface area contributed by atoms with E-state index < -0.39 is 11.6 Å². The maximum Gasteiger partial charge on any atom is 0.134 e. The predicted octanol–water partition coefficient (Wildman–Crippen LogP) is 2.82. The summed E-state index contributed by atoms with van der Waals surface area (Å²) in [5.74, 6) is -0.872. The molecule has 100 valence electrons. The van der Waals surface area contributed by atoms with E-state index in [1.165, 1.54) is 24.4 Å². The predicted molar refractivity (Wildman–Crippen MR) is 68.8 cm³/mol. The minimum atomic E-state index is -0.550. The molecule has 2 aromatic rings. The van der Waals surface area contributed by atoms with Crippen LogP contribution >= 0.6 is 0 Å². The van der Waals surface area contributed by atoms with E-state index in [4.69, 9.17) is 0 Å². The van der Waals surface area contributed by atoms with Crippen LogP contribution in [-0.4, -0.2) is 23.3 Å². The maximum absolute atomic E-state index is 13.9. The van der Waals surface area contributed by atoms with Gasteiger partial charge in [0.05, 0.1) is 11.8 Å². The largest absolute Gasteiger partial charge is 0.316 e. The van der Waals surface area contributed by atoms with Gasteiger partial charge in [-0.2, -0.15) is 5.10 Å². The molecule has 1 aliphatic heterocycles. The highest BCUT2D eigenvalue weighted by molar-refractivity contribution is 5.67. The highest BCUT2D eigenvalue weighted by Gasteiger charge is 2.23. The lowest BCUT2D eigenvalue weighted by molar-refractivity contribution is 0.454. The number of halogens is 2. The number of nitrogens with zero attached hydrogens (tertiary/aromatic N) is 1. The number of nitrogens with one attached hydrogen (secondary N) is 2. The molecule has 1 aliphatic rings. The topological polar surface area (TPSA) is 40.7 Å². The van der Waals surface area contributed by atoms with Gasteiger partial charge in [-0.25, -0.2) is 8.78 Å². The Kier molecular flexibility index (Phi) is 3.29. The highest BCUT2D eigenvalue weighted by Crippen LogP contribution is 2.33. The molecule has 0 amide bonds. The Labute approximate surface area is 110 Å². The fourth-order valence-electron chi connectivity index (χ4n) is 2.66. The quantitative estimate of drug-likeness (QED) is 0.874. The van der Waals surface area contributed by atoms with Gasteiger partial charge in [-0.1, -0.05) is 6.07 Å². The molecule has 5 heteroatoms. The van der Waals surface area contributed by atoms with Crippen LogP contribution in [0.1, 0.15) is 24.5 Å². The van der Waals surface area contributed by atoms with Crippen molar-refractivity contribution in [1.82, 2.24) is 15.5 Å². The summed E-state index contributed by atoms with van der Waals surface area (Å²) in [6, 6.07) is 3.92. The second kappa shape index (κ2) is 5.09. The number of benzene rings is 1. The Morgan fingerprint density at radius 1 is 1.21 bits per heavy atom. The summed E-state index contributed by atoms with van der Waals surface area (Å²) in [5, 5.41) is 10.2. The van der Waals surface area contributed by atoms with Gasteiger partial charge in [0.1, 0.15) is 11.6 Å². The zero-order valence-corrected chi connectivity index (χ0v) is 10.4. The second-order valence-electron chi connectivity index (χ2n) is 4.84. The first-order chi connectivity index (χ1) is 9.27. The summed E-state index contributed by atoms with van der Waals surface area (Å²) in [6.07, 6.45) is 3.56. The van der Waals surface area contributed by atoms with E-state index in [1.807, 2.05) is 0 Å². The van der Waals surface area contributed by atoms with E-state index in [1.54, 1.807) is 0 Å². The third-order valence-electron chi connectivity index (χ3n) is 3.61. The van der Waals surface area contributed by atoms with Gasteiger partial charge < -0.3 is 5.32 Å². The van der Waals surface area contributed by atoms with Gasteiger partial charge in [0.15, 0.2) is 0 Å². The molecule has 1 aromatic carbocycles. The smallest absolute Gasteiger partial charge is 0.134 e. The lowest BCUT2D eigenvalue weighted by Crippen LogP contribution is -2.28. The first kappa shape index (κ1) is 12.3. The average molecular weight is 263 g/mol. The number of aromatic amines is 1. The van der Waals surface area contributed by atoms with E-state index in [-0.39, 0.29) is 11.5 Å². The van der Waals surface area contributed by atoms with Crippen LogP contribution in [0, 0.1) is 11.6 Å². The Hall–Kier alpha value is -1.75. The first-order valence-corrected chi connectivity index (χ1v) is 6.45. The normalized spacial score (nSPS) is 19.6. The van der Waals surface area contributed by atoms with Gasteiger partial charge in [0, 0.05) is 23.7 Å². The van der Waals surface area contributed by atoms with Crippen molar-refractivity contribution >= 4 is 0 Å². The van der Waals surface area contributed by atoms with Gasteiger partial charge >= 0.3 is 0 Å². The molecule has 19 heavy (non-hydrogen) atoms. The third kappa shape index (κ3) is 2.26. The van der Waals surface area contributed by atoms with Gasteiger partial charge in [-0.3, -0.25) is 5.10 Å². The number of hydrogen-bond donors (Lipinski definition) is 2. The second-order valence-corrected chi connectivity index (χ2v) is 4.84. The Morgan fingerprint density at radius 3 is 2.68 bits per heavy atom. The van der Waals surface area contributed by atoms with Crippen molar-refractivity contribution in [3.63, 3.8) is 0 Å².